The number of nitrogens with two attached hydrogens (primary N) is 1. The van der Waals surface area contributed by atoms with Crippen LogP contribution < -0.4 is 10.5 Å². The first-order chi connectivity index (χ1) is 8.50. The zero-order valence-electron chi connectivity index (χ0n) is 10.4. The van der Waals surface area contributed by atoms with E-state index in [2.05, 4.69) is 0 Å². The van der Waals surface area contributed by atoms with Crippen LogP contribution in [0.5, 0.6) is 5.75 Å². The number of ether oxygens (including phenoxy) is 1. The van der Waals surface area contributed by atoms with Crippen LogP contribution in [-0.2, 0) is 16.3 Å². The molecule has 6 heteroatoms. The predicted octanol–water partition coefficient (Wildman–Crippen LogP) is 1.65. The summed E-state index contributed by atoms with van der Waals surface area (Å²) in [6.45, 7) is 2.22. The first kappa shape index (κ1) is 15.3. The van der Waals surface area contributed by atoms with E-state index < -0.39 is 9.84 Å². The summed E-state index contributed by atoms with van der Waals surface area (Å²) >= 11 is 6.05. The fraction of sp³-hybridized carbons (Fsp3) is 0.500. The number of hydrogen-bond donors (Lipinski definition) is 1. The molecule has 0 radical (unpaired) electrons. The molecule has 0 aliphatic rings. The van der Waals surface area contributed by atoms with E-state index in [9.17, 15) is 8.42 Å². The summed E-state index contributed by atoms with van der Waals surface area (Å²) in [5.74, 6) is 0.749. The molecule has 0 bridgehead atoms. The van der Waals surface area contributed by atoms with E-state index in [1.165, 1.54) is 0 Å². The highest BCUT2D eigenvalue weighted by Crippen LogP contribution is 2.26. The molecular weight excluding hydrogens is 274 g/mol. The van der Waals surface area contributed by atoms with Crippen molar-refractivity contribution in [1.82, 2.24) is 0 Å². The van der Waals surface area contributed by atoms with E-state index in [1.54, 1.807) is 25.1 Å². The van der Waals surface area contributed by atoms with Crippen LogP contribution in [0, 0.1) is 0 Å². The molecule has 0 amide bonds. The third kappa shape index (κ3) is 4.48. The Hall–Kier alpha value is -0.780. The summed E-state index contributed by atoms with van der Waals surface area (Å²) in [6.07, 6.45) is 0.607. The molecule has 0 atom stereocenters. The van der Waals surface area contributed by atoms with Gasteiger partial charge in [-0.15, -0.1) is 0 Å². The van der Waals surface area contributed by atoms with Gasteiger partial charge in [-0.1, -0.05) is 24.6 Å². The molecule has 0 saturated heterocycles. The second-order valence-corrected chi connectivity index (χ2v) is 6.72. The van der Waals surface area contributed by atoms with Gasteiger partial charge in [-0.2, -0.15) is 0 Å². The second-order valence-electron chi connectivity index (χ2n) is 3.84. The van der Waals surface area contributed by atoms with Crippen molar-refractivity contribution >= 4 is 21.4 Å². The summed E-state index contributed by atoms with van der Waals surface area (Å²) in [7, 11) is -3.01. The van der Waals surface area contributed by atoms with Crippen LogP contribution in [0.3, 0.4) is 0 Å². The molecular formula is C12H18ClNO3S. The van der Waals surface area contributed by atoms with Crippen molar-refractivity contribution in [2.75, 3.05) is 24.7 Å². The van der Waals surface area contributed by atoms with Gasteiger partial charge in [-0.3, -0.25) is 0 Å². The highest BCUT2D eigenvalue weighted by molar-refractivity contribution is 7.91. The van der Waals surface area contributed by atoms with Gasteiger partial charge in [0.15, 0.2) is 9.84 Å². The number of hydrogen-bond acceptors (Lipinski definition) is 4. The summed E-state index contributed by atoms with van der Waals surface area (Å²) < 4.78 is 28.2. The Balaban J connectivity index is 2.70. The molecule has 0 aromatic heterocycles. The second kappa shape index (κ2) is 6.97. The van der Waals surface area contributed by atoms with E-state index in [1.807, 2.05) is 0 Å². The van der Waals surface area contributed by atoms with Crippen molar-refractivity contribution in [1.29, 1.82) is 0 Å². The van der Waals surface area contributed by atoms with E-state index in [0.29, 0.717) is 23.7 Å². The lowest BCUT2D eigenvalue weighted by molar-refractivity contribution is 0.337. The van der Waals surface area contributed by atoms with Gasteiger partial charge in [0.25, 0.3) is 0 Å². The van der Waals surface area contributed by atoms with E-state index in [0.717, 1.165) is 5.56 Å². The SMILES string of the molecule is CCS(=O)(=O)CCOc1cccc(Cl)c1CCN. The van der Waals surface area contributed by atoms with Gasteiger partial charge in [-0.25, -0.2) is 8.42 Å². The molecule has 1 rings (SSSR count). The Morgan fingerprint density at radius 2 is 2.11 bits per heavy atom. The summed E-state index contributed by atoms with van der Waals surface area (Å²) in [6, 6.07) is 5.31. The number of rotatable bonds is 7. The smallest absolute Gasteiger partial charge is 0.153 e. The van der Waals surface area contributed by atoms with Crippen molar-refractivity contribution in [2.24, 2.45) is 5.73 Å². The highest BCUT2D eigenvalue weighted by atomic mass is 35.5. The predicted molar refractivity (Wildman–Crippen MR) is 74.0 cm³/mol. The molecule has 0 aliphatic carbocycles. The molecule has 2 N–H and O–H groups in total. The fourth-order valence-electron chi connectivity index (χ4n) is 1.48. The maximum absolute atomic E-state index is 11.3. The minimum absolute atomic E-state index is 0.0120. The largest absolute Gasteiger partial charge is 0.492 e. The Labute approximate surface area is 113 Å². The van der Waals surface area contributed by atoms with Gasteiger partial charge >= 0.3 is 0 Å². The van der Waals surface area contributed by atoms with Crippen molar-refractivity contribution in [3.05, 3.63) is 28.8 Å². The van der Waals surface area contributed by atoms with Crippen LogP contribution in [0.15, 0.2) is 18.2 Å². The first-order valence-electron chi connectivity index (χ1n) is 5.81. The van der Waals surface area contributed by atoms with Gasteiger partial charge in [0.1, 0.15) is 12.4 Å². The Morgan fingerprint density at radius 1 is 1.39 bits per heavy atom. The van der Waals surface area contributed by atoms with E-state index >= 15 is 0 Å². The van der Waals surface area contributed by atoms with E-state index in [4.69, 9.17) is 22.1 Å². The van der Waals surface area contributed by atoms with Crippen molar-refractivity contribution in [2.45, 2.75) is 13.3 Å². The molecule has 18 heavy (non-hydrogen) atoms. The monoisotopic (exact) mass is 291 g/mol. The molecule has 0 fully saturated rings. The van der Waals surface area contributed by atoms with Gasteiger partial charge < -0.3 is 10.5 Å². The molecule has 0 spiro atoms. The number of halogens is 1. The zero-order valence-corrected chi connectivity index (χ0v) is 11.9. The Kier molecular flexibility index (Phi) is 5.91. The standard InChI is InChI=1S/C12H18ClNO3S/c1-2-18(15,16)9-8-17-12-5-3-4-11(13)10(12)6-7-14/h3-5H,2,6-9,14H2,1H3. The minimum atomic E-state index is -3.01. The lowest BCUT2D eigenvalue weighted by Gasteiger charge is -2.12. The molecule has 0 heterocycles. The van der Waals surface area contributed by atoms with Crippen LogP contribution in [0.2, 0.25) is 5.02 Å². The topological polar surface area (TPSA) is 69.4 Å². The molecule has 0 aliphatic heterocycles. The zero-order chi connectivity index (χ0) is 13.6. The molecule has 0 unspecified atom stereocenters. The highest BCUT2D eigenvalue weighted by Gasteiger charge is 2.10. The van der Waals surface area contributed by atoms with Crippen molar-refractivity contribution in [3.63, 3.8) is 0 Å². The minimum Gasteiger partial charge on any atom is -0.492 e. The van der Waals surface area contributed by atoms with Crippen LogP contribution in [0.1, 0.15) is 12.5 Å². The fourth-order valence-corrected chi connectivity index (χ4v) is 2.37. The van der Waals surface area contributed by atoms with Gasteiger partial charge in [0, 0.05) is 16.3 Å². The molecule has 1 aromatic rings. The summed E-state index contributed by atoms with van der Waals surface area (Å²) in [4.78, 5) is 0. The number of benzene rings is 1. The first-order valence-corrected chi connectivity index (χ1v) is 8.00. The lowest BCUT2D eigenvalue weighted by atomic mass is 10.1. The van der Waals surface area contributed by atoms with Crippen LogP contribution in [0.25, 0.3) is 0 Å². The average molecular weight is 292 g/mol. The third-order valence-corrected chi connectivity index (χ3v) is 4.58. The Morgan fingerprint density at radius 3 is 2.72 bits per heavy atom. The number of sulfone groups is 1. The average Bonchev–Trinajstić information content (AvgIpc) is 2.33. The van der Waals surface area contributed by atoms with Crippen LogP contribution in [-0.4, -0.2) is 33.1 Å². The quantitative estimate of drug-likeness (QED) is 0.829. The maximum atomic E-state index is 11.3. The third-order valence-electron chi connectivity index (χ3n) is 2.56. The van der Waals surface area contributed by atoms with Gasteiger partial charge in [0.05, 0.1) is 5.75 Å². The Bertz CT molecular complexity index is 488. The molecule has 0 saturated carbocycles. The summed E-state index contributed by atoms with van der Waals surface area (Å²) in [5, 5.41) is 0.594. The molecule has 4 nitrogen and oxygen atoms in total. The summed E-state index contributed by atoms with van der Waals surface area (Å²) in [5.41, 5.74) is 6.34. The lowest BCUT2D eigenvalue weighted by Crippen LogP contribution is -2.16. The van der Waals surface area contributed by atoms with Crippen LogP contribution in [0.4, 0.5) is 0 Å². The van der Waals surface area contributed by atoms with Gasteiger partial charge in [-0.05, 0) is 25.1 Å². The molecule has 1 aromatic carbocycles. The van der Waals surface area contributed by atoms with E-state index in [-0.39, 0.29) is 18.1 Å². The maximum Gasteiger partial charge on any atom is 0.153 e. The normalized spacial score (nSPS) is 11.5. The van der Waals surface area contributed by atoms with Gasteiger partial charge in [0.2, 0.25) is 0 Å². The molecule has 102 valence electrons. The van der Waals surface area contributed by atoms with Crippen molar-refractivity contribution < 1.29 is 13.2 Å². The van der Waals surface area contributed by atoms with Crippen molar-refractivity contribution in [3.8, 4) is 5.75 Å². The van der Waals surface area contributed by atoms with Crippen LogP contribution >= 0.6 is 11.6 Å².